The molecule has 2 N–H and O–H groups in total. The van der Waals surface area contributed by atoms with Crippen LogP contribution >= 0.6 is 11.3 Å². The average Bonchev–Trinajstić information content (AvgIpc) is 3.14. The van der Waals surface area contributed by atoms with Crippen molar-refractivity contribution in [2.75, 3.05) is 26.4 Å². The number of hydrogen-bond donors (Lipinski definition) is 2. The molecule has 3 heterocycles. The summed E-state index contributed by atoms with van der Waals surface area (Å²) in [6, 6.07) is 0. The van der Waals surface area contributed by atoms with Crippen molar-refractivity contribution < 1.29 is 14.6 Å². The molecule has 2 aromatic heterocycles. The third-order valence-electron chi connectivity index (χ3n) is 4.30. The van der Waals surface area contributed by atoms with Crippen molar-refractivity contribution in [2.24, 2.45) is 5.41 Å². The van der Waals surface area contributed by atoms with Crippen molar-refractivity contribution in [1.29, 1.82) is 0 Å². The fourth-order valence-corrected chi connectivity index (χ4v) is 3.52. The van der Waals surface area contributed by atoms with E-state index >= 15 is 0 Å². The lowest BCUT2D eigenvalue weighted by Crippen LogP contribution is -2.43. The van der Waals surface area contributed by atoms with E-state index in [1.807, 2.05) is 6.92 Å². The Morgan fingerprint density at radius 3 is 2.91 bits per heavy atom. The molecule has 1 aliphatic rings. The molecule has 0 spiro atoms. The van der Waals surface area contributed by atoms with Crippen LogP contribution in [0.5, 0.6) is 0 Å². The first kappa shape index (κ1) is 16.3. The number of aliphatic hydroxyl groups is 1. The van der Waals surface area contributed by atoms with Gasteiger partial charge in [0, 0.05) is 38.0 Å². The summed E-state index contributed by atoms with van der Waals surface area (Å²) >= 11 is 1.45. The molecule has 23 heavy (non-hydrogen) atoms. The van der Waals surface area contributed by atoms with Gasteiger partial charge in [-0.1, -0.05) is 11.3 Å². The minimum absolute atomic E-state index is 0.0213. The van der Waals surface area contributed by atoms with Crippen LogP contribution in [0, 0.1) is 12.3 Å². The van der Waals surface area contributed by atoms with Crippen LogP contribution in [0.2, 0.25) is 0 Å². The molecule has 1 amide bonds. The van der Waals surface area contributed by atoms with Gasteiger partial charge in [-0.05, 0) is 19.8 Å². The Labute approximate surface area is 137 Å². The highest BCUT2D eigenvalue weighted by Crippen LogP contribution is 2.29. The maximum Gasteiger partial charge on any atom is 0.234 e. The third-order valence-corrected chi connectivity index (χ3v) is 5.26. The van der Waals surface area contributed by atoms with Crippen LogP contribution in [0.25, 0.3) is 4.96 Å². The van der Waals surface area contributed by atoms with Gasteiger partial charge in [0.1, 0.15) is 5.01 Å². The first-order valence-electron chi connectivity index (χ1n) is 7.75. The number of ether oxygens (including phenoxy) is 1. The van der Waals surface area contributed by atoms with Crippen molar-refractivity contribution in [1.82, 2.24) is 25.1 Å². The van der Waals surface area contributed by atoms with E-state index in [4.69, 9.17) is 4.74 Å². The second-order valence-electron chi connectivity index (χ2n) is 5.98. The number of carbonyl (C=O) groups excluding carboxylic acids is 1. The standard InChI is InChI=1S/C14H21N5O3S/c1-10-16-17-13-19(10)18-12(23-13)3-2-11(21)15-8-14(9-20)4-6-22-7-5-14/h20H,2-9H2,1H3,(H,15,21). The summed E-state index contributed by atoms with van der Waals surface area (Å²) in [7, 11) is 0. The van der Waals surface area contributed by atoms with Crippen LogP contribution in [0.1, 0.15) is 30.1 Å². The first-order chi connectivity index (χ1) is 11.1. The van der Waals surface area contributed by atoms with Gasteiger partial charge in [0.05, 0.1) is 6.61 Å². The average molecular weight is 339 g/mol. The molecule has 2 aromatic rings. The van der Waals surface area contributed by atoms with Crippen molar-refractivity contribution in [2.45, 2.75) is 32.6 Å². The lowest BCUT2D eigenvalue weighted by molar-refractivity contribution is -0.122. The highest BCUT2D eigenvalue weighted by Gasteiger charge is 2.32. The van der Waals surface area contributed by atoms with E-state index in [9.17, 15) is 9.90 Å². The maximum atomic E-state index is 12.1. The van der Waals surface area contributed by atoms with E-state index in [1.54, 1.807) is 4.52 Å². The molecule has 1 fully saturated rings. The largest absolute Gasteiger partial charge is 0.396 e. The molecular weight excluding hydrogens is 318 g/mol. The minimum atomic E-state index is -0.238. The lowest BCUT2D eigenvalue weighted by Gasteiger charge is -2.35. The fourth-order valence-electron chi connectivity index (χ4n) is 2.65. The van der Waals surface area contributed by atoms with E-state index in [1.165, 1.54) is 11.3 Å². The normalized spacial score (nSPS) is 17.5. The number of fused-ring (bicyclic) bond motifs is 1. The molecule has 0 aromatic carbocycles. The van der Waals surface area contributed by atoms with Crippen molar-refractivity contribution in [3.8, 4) is 0 Å². The second kappa shape index (κ2) is 6.90. The van der Waals surface area contributed by atoms with Crippen LogP contribution in [0.15, 0.2) is 0 Å². The predicted molar refractivity (Wildman–Crippen MR) is 84.3 cm³/mol. The lowest BCUT2D eigenvalue weighted by atomic mass is 9.81. The summed E-state index contributed by atoms with van der Waals surface area (Å²) in [4.78, 5) is 12.8. The van der Waals surface area contributed by atoms with E-state index in [2.05, 4.69) is 20.6 Å². The molecular formula is C14H21N5O3S. The van der Waals surface area contributed by atoms with Gasteiger partial charge in [0.2, 0.25) is 10.9 Å². The predicted octanol–water partition coefficient (Wildman–Crippen LogP) is 0.332. The molecule has 126 valence electrons. The van der Waals surface area contributed by atoms with Gasteiger partial charge in [-0.3, -0.25) is 4.79 Å². The molecule has 0 aliphatic carbocycles. The molecule has 0 unspecified atom stereocenters. The minimum Gasteiger partial charge on any atom is -0.396 e. The molecule has 1 aliphatic heterocycles. The summed E-state index contributed by atoms with van der Waals surface area (Å²) in [5, 5.41) is 25.8. The van der Waals surface area contributed by atoms with Gasteiger partial charge in [-0.2, -0.15) is 9.61 Å². The zero-order chi connectivity index (χ0) is 16.3. The Bertz CT molecular complexity index is 677. The summed E-state index contributed by atoms with van der Waals surface area (Å²) in [6.45, 7) is 3.70. The summed E-state index contributed by atoms with van der Waals surface area (Å²) < 4.78 is 7.02. The Hall–Kier alpha value is -1.58. The SMILES string of the molecule is Cc1nnc2sc(CCC(=O)NCC3(CO)CCOCC3)nn12. The number of amides is 1. The monoisotopic (exact) mass is 339 g/mol. The summed E-state index contributed by atoms with van der Waals surface area (Å²) in [6.07, 6.45) is 2.51. The third kappa shape index (κ3) is 3.67. The number of nitrogens with zero attached hydrogens (tertiary/aromatic N) is 4. The molecule has 0 atom stereocenters. The molecule has 8 nitrogen and oxygen atoms in total. The van der Waals surface area contributed by atoms with E-state index in [-0.39, 0.29) is 17.9 Å². The van der Waals surface area contributed by atoms with Crippen LogP contribution in [0.4, 0.5) is 0 Å². The zero-order valence-corrected chi connectivity index (χ0v) is 13.9. The summed E-state index contributed by atoms with van der Waals surface area (Å²) in [5.74, 6) is 0.725. The topological polar surface area (TPSA) is 102 Å². The highest BCUT2D eigenvalue weighted by atomic mass is 32.1. The van der Waals surface area contributed by atoms with Gasteiger partial charge < -0.3 is 15.2 Å². The van der Waals surface area contributed by atoms with Crippen molar-refractivity contribution in [3.05, 3.63) is 10.8 Å². The van der Waals surface area contributed by atoms with Gasteiger partial charge in [0.25, 0.3) is 0 Å². The van der Waals surface area contributed by atoms with Crippen LogP contribution < -0.4 is 5.32 Å². The van der Waals surface area contributed by atoms with Gasteiger partial charge >= 0.3 is 0 Å². The molecule has 0 bridgehead atoms. The first-order valence-corrected chi connectivity index (χ1v) is 8.57. The van der Waals surface area contributed by atoms with E-state index in [0.29, 0.717) is 32.6 Å². The summed E-state index contributed by atoms with van der Waals surface area (Å²) in [5.41, 5.74) is -0.238. The van der Waals surface area contributed by atoms with E-state index in [0.717, 1.165) is 28.6 Å². The molecule has 0 saturated carbocycles. The van der Waals surface area contributed by atoms with Gasteiger partial charge in [-0.15, -0.1) is 10.2 Å². The Morgan fingerprint density at radius 2 is 2.22 bits per heavy atom. The van der Waals surface area contributed by atoms with Gasteiger partial charge in [-0.25, -0.2) is 0 Å². The van der Waals surface area contributed by atoms with Crippen molar-refractivity contribution >= 4 is 22.2 Å². The maximum absolute atomic E-state index is 12.1. The number of aryl methyl sites for hydroxylation is 2. The van der Waals surface area contributed by atoms with Crippen LogP contribution in [-0.4, -0.2) is 57.2 Å². The number of carbonyl (C=O) groups is 1. The van der Waals surface area contributed by atoms with Crippen LogP contribution in [0.3, 0.4) is 0 Å². The Kier molecular flexibility index (Phi) is 4.88. The van der Waals surface area contributed by atoms with Crippen LogP contribution in [-0.2, 0) is 16.0 Å². The number of hydrogen-bond acceptors (Lipinski definition) is 7. The van der Waals surface area contributed by atoms with E-state index < -0.39 is 0 Å². The molecule has 3 rings (SSSR count). The fraction of sp³-hybridized carbons (Fsp3) is 0.714. The number of rotatable bonds is 6. The number of aromatic nitrogens is 4. The molecule has 9 heteroatoms. The Balaban J connectivity index is 1.49. The highest BCUT2D eigenvalue weighted by molar-refractivity contribution is 7.16. The molecule has 1 saturated heterocycles. The Morgan fingerprint density at radius 1 is 1.43 bits per heavy atom. The zero-order valence-electron chi connectivity index (χ0n) is 13.1. The smallest absolute Gasteiger partial charge is 0.234 e. The van der Waals surface area contributed by atoms with Gasteiger partial charge in [0.15, 0.2) is 5.82 Å². The van der Waals surface area contributed by atoms with Crippen molar-refractivity contribution in [3.63, 3.8) is 0 Å². The number of aliphatic hydroxyl groups excluding tert-OH is 1. The second-order valence-corrected chi connectivity index (χ2v) is 7.03. The molecule has 0 radical (unpaired) electrons. The quantitative estimate of drug-likeness (QED) is 0.786. The number of nitrogens with one attached hydrogen (secondary N) is 1.